The average Bonchev–Trinajstić information content (AvgIpc) is 2.92. The SMILES string of the molecule is c1ccc2c(c1)OCCC2NCCc1cscn1. The van der Waals surface area contributed by atoms with Gasteiger partial charge in [0.05, 0.1) is 17.8 Å². The molecule has 0 aliphatic carbocycles. The van der Waals surface area contributed by atoms with E-state index < -0.39 is 0 Å². The van der Waals surface area contributed by atoms with Crippen molar-refractivity contribution in [2.75, 3.05) is 13.2 Å². The second-order valence-electron chi connectivity index (χ2n) is 4.41. The summed E-state index contributed by atoms with van der Waals surface area (Å²) in [6, 6.07) is 8.70. The van der Waals surface area contributed by atoms with Gasteiger partial charge < -0.3 is 10.1 Å². The summed E-state index contributed by atoms with van der Waals surface area (Å²) in [6.45, 7) is 1.76. The zero-order valence-corrected chi connectivity index (χ0v) is 11.0. The van der Waals surface area contributed by atoms with E-state index in [0.717, 1.165) is 31.7 Å². The van der Waals surface area contributed by atoms with Gasteiger partial charge in [-0.3, -0.25) is 0 Å². The van der Waals surface area contributed by atoms with Crippen molar-refractivity contribution < 1.29 is 4.74 Å². The van der Waals surface area contributed by atoms with Gasteiger partial charge in [0.15, 0.2) is 0 Å². The number of ether oxygens (including phenoxy) is 1. The summed E-state index contributed by atoms with van der Waals surface area (Å²) in [5, 5.41) is 5.71. The van der Waals surface area contributed by atoms with Crippen LogP contribution in [0.3, 0.4) is 0 Å². The normalized spacial score (nSPS) is 18.1. The first-order valence-corrected chi connectivity index (χ1v) is 7.20. The number of hydrogen-bond donors (Lipinski definition) is 1. The number of fused-ring (bicyclic) bond motifs is 1. The number of para-hydroxylation sites is 1. The van der Waals surface area contributed by atoms with E-state index in [1.165, 1.54) is 11.3 Å². The van der Waals surface area contributed by atoms with Gasteiger partial charge in [0, 0.05) is 36.4 Å². The maximum absolute atomic E-state index is 5.66. The van der Waals surface area contributed by atoms with Gasteiger partial charge in [-0.25, -0.2) is 4.98 Å². The minimum absolute atomic E-state index is 0.411. The number of nitrogens with zero attached hydrogens (tertiary/aromatic N) is 1. The van der Waals surface area contributed by atoms with Crippen molar-refractivity contribution >= 4 is 11.3 Å². The number of hydrogen-bond acceptors (Lipinski definition) is 4. The van der Waals surface area contributed by atoms with Crippen molar-refractivity contribution in [2.45, 2.75) is 18.9 Å². The molecule has 0 saturated carbocycles. The lowest BCUT2D eigenvalue weighted by Crippen LogP contribution is -2.28. The van der Waals surface area contributed by atoms with E-state index in [1.54, 1.807) is 11.3 Å². The lowest BCUT2D eigenvalue weighted by Gasteiger charge is -2.26. The summed E-state index contributed by atoms with van der Waals surface area (Å²) in [5.74, 6) is 1.02. The van der Waals surface area contributed by atoms with E-state index in [0.29, 0.717) is 6.04 Å². The summed E-state index contributed by atoms with van der Waals surface area (Å²) < 4.78 is 5.66. The molecule has 1 aliphatic rings. The third-order valence-corrected chi connectivity index (χ3v) is 3.85. The van der Waals surface area contributed by atoms with E-state index in [-0.39, 0.29) is 0 Å². The highest BCUT2D eigenvalue weighted by molar-refractivity contribution is 7.07. The van der Waals surface area contributed by atoms with Gasteiger partial charge in [0.2, 0.25) is 0 Å². The molecule has 94 valence electrons. The molecule has 1 unspecified atom stereocenters. The Labute approximate surface area is 111 Å². The predicted molar refractivity (Wildman–Crippen MR) is 73.1 cm³/mol. The summed E-state index contributed by atoms with van der Waals surface area (Å²) in [6.07, 6.45) is 2.02. The average molecular weight is 260 g/mol. The fraction of sp³-hybridized carbons (Fsp3) is 0.357. The Bertz CT molecular complexity index is 498. The highest BCUT2D eigenvalue weighted by Crippen LogP contribution is 2.31. The first-order valence-electron chi connectivity index (χ1n) is 6.25. The number of nitrogens with one attached hydrogen (secondary N) is 1. The maximum Gasteiger partial charge on any atom is 0.124 e. The second-order valence-corrected chi connectivity index (χ2v) is 5.13. The molecule has 1 aromatic carbocycles. The van der Waals surface area contributed by atoms with Crippen molar-refractivity contribution in [3.63, 3.8) is 0 Å². The molecule has 0 spiro atoms. The molecule has 0 bridgehead atoms. The van der Waals surface area contributed by atoms with Crippen LogP contribution in [0.5, 0.6) is 5.75 Å². The van der Waals surface area contributed by atoms with Crippen molar-refractivity contribution in [1.82, 2.24) is 10.3 Å². The fourth-order valence-corrected chi connectivity index (χ4v) is 2.88. The molecule has 3 rings (SSSR count). The van der Waals surface area contributed by atoms with Crippen molar-refractivity contribution in [3.05, 3.63) is 46.4 Å². The fourth-order valence-electron chi connectivity index (χ4n) is 2.29. The summed E-state index contributed by atoms with van der Waals surface area (Å²) in [5.41, 5.74) is 4.34. The minimum Gasteiger partial charge on any atom is -0.493 e. The monoisotopic (exact) mass is 260 g/mol. The van der Waals surface area contributed by atoms with Crippen LogP contribution >= 0.6 is 11.3 Å². The molecule has 2 aromatic rings. The molecule has 18 heavy (non-hydrogen) atoms. The molecule has 0 radical (unpaired) electrons. The Kier molecular flexibility index (Phi) is 3.57. The van der Waals surface area contributed by atoms with Gasteiger partial charge in [-0.15, -0.1) is 11.3 Å². The molecule has 1 aromatic heterocycles. The summed E-state index contributed by atoms with van der Waals surface area (Å²) >= 11 is 1.66. The van der Waals surface area contributed by atoms with Crippen LogP contribution in [0, 0.1) is 0 Å². The third kappa shape index (κ3) is 2.54. The van der Waals surface area contributed by atoms with Crippen LogP contribution in [-0.2, 0) is 6.42 Å². The Morgan fingerprint density at radius 1 is 1.39 bits per heavy atom. The molecular formula is C14H16N2OS. The zero-order valence-electron chi connectivity index (χ0n) is 10.1. The molecule has 1 aliphatic heterocycles. The van der Waals surface area contributed by atoms with E-state index in [4.69, 9.17) is 4.74 Å². The largest absolute Gasteiger partial charge is 0.493 e. The van der Waals surface area contributed by atoms with Gasteiger partial charge in [0.25, 0.3) is 0 Å². The molecule has 2 heterocycles. The van der Waals surface area contributed by atoms with Crippen LogP contribution in [-0.4, -0.2) is 18.1 Å². The Balaban J connectivity index is 1.60. The molecule has 0 saturated heterocycles. The maximum atomic E-state index is 5.66. The number of thiazole rings is 1. The predicted octanol–water partition coefficient (Wildman–Crippen LogP) is 2.80. The molecule has 1 N–H and O–H groups in total. The summed E-state index contributed by atoms with van der Waals surface area (Å²) in [7, 11) is 0. The molecule has 0 fully saturated rings. The van der Waals surface area contributed by atoms with Gasteiger partial charge in [-0.2, -0.15) is 0 Å². The minimum atomic E-state index is 0.411. The first-order chi connectivity index (χ1) is 8.93. The highest BCUT2D eigenvalue weighted by atomic mass is 32.1. The van der Waals surface area contributed by atoms with Gasteiger partial charge >= 0.3 is 0 Å². The third-order valence-electron chi connectivity index (χ3n) is 3.21. The van der Waals surface area contributed by atoms with Gasteiger partial charge in [-0.1, -0.05) is 18.2 Å². The Hall–Kier alpha value is -1.39. The Morgan fingerprint density at radius 3 is 3.22 bits per heavy atom. The molecule has 4 heteroatoms. The van der Waals surface area contributed by atoms with Gasteiger partial charge in [0.1, 0.15) is 5.75 Å². The lowest BCUT2D eigenvalue weighted by molar-refractivity contribution is 0.253. The standard InChI is InChI=1S/C14H16N2OS/c1-2-4-14-12(3-1)13(6-8-17-14)15-7-5-11-9-18-10-16-11/h1-4,9-10,13,15H,5-8H2. The molecule has 0 amide bonds. The van der Waals surface area contributed by atoms with E-state index >= 15 is 0 Å². The van der Waals surface area contributed by atoms with Crippen molar-refractivity contribution in [1.29, 1.82) is 0 Å². The van der Waals surface area contributed by atoms with E-state index in [9.17, 15) is 0 Å². The number of benzene rings is 1. The molecule has 3 nitrogen and oxygen atoms in total. The smallest absolute Gasteiger partial charge is 0.124 e. The number of aromatic nitrogens is 1. The topological polar surface area (TPSA) is 34.1 Å². The van der Waals surface area contributed by atoms with Crippen LogP contribution in [0.2, 0.25) is 0 Å². The van der Waals surface area contributed by atoms with E-state index in [2.05, 4.69) is 27.8 Å². The molecule has 1 atom stereocenters. The quantitative estimate of drug-likeness (QED) is 0.918. The van der Waals surface area contributed by atoms with Crippen LogP contribution in [0.4, 0.5) is 0 Å². The first kappa shape index (κ1) is 11.7. The van der Waals surface area contributed by atoms with Crippen LogP contribution < -0.4 is 10.1 Å². The van der Waals surface area contributed by atoms with Crippen LogP contribution in [0.1, 0.15) is 23.7 Å². The summed E-state index contributed by atoms with van der Waals surface area (Å²) in [4.78, 5) is 4.30. The van der Waals surface area contributed by atoms with Crippen LogP contribution in [0.15, 0.2) is 35.2 Å². The Morgan fingerprint density at radius 2 is 2.33 bits per heavy atom. The lowest BCUT2D eigenvalue weighted by atomic mass is 10.0. The number of rotatable bonds is 4. The van der Waals surface area contributed by atoms with Crippen LogP contribution in [0.25, 0.3) is 0 Å². The van der Waals surface area contributed by atoms with Gasteiger partial charge in [-0.05, 0) is 6.07 Å². The van der Waals surface area contributed by atoms with Crippen molar-refractivity contribution in [3.8, 4) is 5.75 Å². The van der Waals surface area contributed by atoms with E-state index in [1.807, 2.05) is 17.6 Å². The van der Waals surface area contributed by atoms with Crippen molar-refractivity contribution in [2.24, 2.45) is 0 Å². The molecular weight excluding hydrogens is 244 g/mol. The highest BCUT2D eigenvalue weighted by Gasteiger charge is 2.19. The second kappa shape index (κ2) is 5.50. The zero-order chi connectivity index (χ0) is 12.2.